The van der Waals surface area contributed by atoms with Crippen LogP contribution in [-0.4, -0.2) is 21.0 Å². The third kappa shape index (κ3) is 2.51. The highest BCUT2D eigenvalue weighted by molar-refractivity contribution is 5.94. The number of imidazole rings is 1. The van der Waals surface area contributed by atoms with E-state index in [0.717, 1.165) is 0 Å². The van der Waals surface area contributed by atoms with Gasteiger partial charge in [0.15, 0.2) is 17.4 Å². The molecule has 0 unspecified atom stereocenters. The molecule has 5 nitrogen and oxygen atoms in total. The Morgan fingerprint density at radius 3 is 2.74 bits per heavy atom. The molecule has 0 saturated heterocycles. The summed E-state index contributed by atoms with van der Waals surface area (Å²) < 4.78 is 39.3. The van der Waals surface area contributed by atoms with Gasteiger partial charge in [-0.15, -0.1) is 0 Å². The van der Waals surface area contributed by atoms with Gasteiger partial charge in [0.05, 0.1) is 24.1 Å². The number of phenolic OH excluding ortho intramolecular Hbond substituents is 1. The quantitative estimate of drug-likeness (QED) is 0.739. The van der Waals surface area contributed by atoms with Crippen LogP contribution in [0.3, 0.4) is 0 Å². The van der Waals surface area contributed by atoms with E-state index in [9.17, 15) is 18.0 Å². The van der Waals surface area contributed by atoms with Crippen LogP contribution in [0.2, 0.25) is 0 Å². The molecule has 0 radical (unpaired) electrons. The molecule has 3 N–H and O–H groups in total. The van der Waals surface area contributed by atoms with Crippen molar-refractivity contribution in [1.29, 1.82) is 0 Å². The number of aromatic nitrogens is 2. The number of carbonyl (C=O) groups excluding carboxylic acids is 1. The standard InChI is InChI=1S/C11H8F3N3O2/c12-7-1-6(8(13)10(18)9(7)14)11(19)16-3-5-2-15-4-17-5/h1-2,4,18H,3H2,(H,15,17)(H,16,19). The number of hydrogen-bond donors (Lipinski definition) is 3. The zero-order valence-corrected chi connectivity index (χ0v) is 9.38. The first-order valence-corrected chi connectivity index (χ1v) is 5.12. The number of amides is 1. The summed E-state index contributed by atoms with van der Waals surface area (Å²) in [5.41, 5.74) is -0.239. The minimum Gasteiger partial charge on any atom is -0.503 e. The summed E-state index contributed by atoms with van der Waals surface area (Å²) in [4.78, 5) is 18.0. The first kappa shape index (κ1) is 12.9. The van der Waals surface area contributed by atoms with Gasteiger partial charge in [0.25, 0.3) is 5.91 Å². The number of benzene rings is 1. The number of phenols is 1. The molecule has 8 heteroatoms. The Labute approximate surface area is 105 Å². The fraction of sp³-hybridized carbons (Fsp3) is 0.0909. The zero-order valence-electron chi connectivity index (χ0n) is 9.38. The molecule has 0 fully saturated rings. The highest BCUT2D eigenvalue weighted by atomic mass is 19.2. The molecule has 100 valence electrons. The van der Waals surface area contributed by atoms with Crippen molar-refractivity contribution in [3.63, 3.8) is 0 Å². The van der Waals surface area contributed by atoms with Crippen molar-refractivity contribution in [3.05, 3.63) is 47.3 Å². The third-order valence-electron chi connectivity index (χ3n) is 2.37. The normalized spacial score (nSPS) is 10.5. The van der Waals surface area contributed by atoms with Gasteiger partial charge < -0.3 is 15.4 Å². The van der Waals surface area contributed by atoms with Gasteiger partial charge in [-0.05, 0) is 6.07 Å². The van der Waals surface area contributed by atoms with Crippen LogP contribution in [0.15, 0.2) is 18.6 Å². The van der Waals surface area contributed by atoms with Crippen molar-refractivity contribution >= 4 is 5.91 Å². The minimum atomic E-state index is -1.73. The summed E-state index contributed by atoms with van der Waals surface area (Å²) in [5.74, 6) is -7.26. The summed E-state index contributed by atoms with van der Waals surface area (Å²) in [5, 5.41) is 11.2. The van der Waals surface area contributed by atoms with Crippen LogP contribution in [0.1, 0.15) is 16.1 Å². The van der Waals surface area contributed by atoms with Crippen LogP contribution in [0.4, 0.5) is 13.2 Å². The number of halogens is 3. The van der Waals surface area contributed by atoms with Gasteiger partial charge >= 0.3 is 0 Å². The highest BCUT2D eigenvalue weighted by Crippen LogP contribution is 2.25. The average molecular weight is 271 g/mol. The van der Waals surface area contributed by atoms with Gasteiger partial charge in [0.2, 0.25) is 5.82 Å². The number of nitrogens with one attached hydrogen (secondary N) is 2. The summed E-state index contributed by atoms with van der Waals surface area (Å²) in [6, 6.07) is 0.382. The lowest BCUT2D eigenvalue weighted by Crippen LogP contribution is -2.24. The van der Waals surface area contributed by atoms with Gasteiger partial charge in [-0.3, -0.25) is 4.79 Å². The molecule has 0 aliphatic heterocycles. The van der Waals surface area contributed by atoms with Crippen molar-refractivity contribution in [2.24, 2.45) is 0 Å². The lowest BCUT2D eigenvalue weighted by atomic mass is 10.1. The van der Waals surface area contributed by atoms with Gasteiger partial charge in [-0.2, -0.15) is 4.39 Å². The van der Waals surface area contributed by atoms with E-state index in [1.54, 1.807) is 0 Å². The number of carbonyl (C=O) groups is 1. The second-order valence-corrected chi connectivity index (χ2v) is 3.64. The molecule has 0 aliphatic carbocycles. The van der Waals surface area contributed by atoms with Crippen LogP contribution >= 0.6 is 0 Å². The maximum Gasteiger partial charge on any atom is 0.254 e. The number of nitrogens with zero attached hydrogens (tertiary/aromatic N) is 1. The topological polar surface area (TPSA) is 78.0 Å². The van der Waals surface area contributed by atoms with Gasteiger partial charge in [0, 0.05) is 6.20 Å². The van der Waals surface area contributed by atoms with Crippen LogP contribution in [-0.2, 0) is 6.54 Å². The average Bonchev–Trinajstić information content (AvgIpc) is 2.91. The smallest absolute Gasteiger partial charge is 0.254 e. The highest BCUT2D eigenvalue weighted by Gasteiger charge is 2.22. The van der Waals surface area contributed by atoms with E-state index < -0.39 is 34.7 Å². The molecule has 0 aliphatic rings. The van der Waals surface area contributed by atoms with Crippen molar-refractivity contribution in [1.82, 2.24) is 15.3 Å². The predicted molar refractivity (Wildman–Crippen MR) is 57.7 cm³/mol. The Bertz CT molecular complexity index is 614. The van der Waals surface area contributed by atoms with Crippen LogP contribution in [0, 0.1) is 17.5 Å². The molecule has 2 aromatic rings. The SMILES string of the molecule is O=C(NCc1cnc[nH]1)c1cc(F)c(F)c(O)c1F. The van der Waals surface area contributed by atoms with Gasteiger partial charge in [-0.25, -0.2) is 13.8 Å². The Kier molecular flexibility index (Phi) is 3.41. The number of aromatic hydroxyl groups is 1. The lowest BCUT2D eigenvalue weighted by Gasteiger charge is -2.07. The van der Waals surface area contributed by atoms with Crippen LogP contribution < -0.4 is 5.32 Å². The summed E-state index contributed by atoms with van der Waals surface area (Å²) in [6.07, 6.45) is 2.81. The maximum absolute atomic E-state index is 13.4. The van der Waals surface area contributed by atoms with Crippen molar-refractivity contribution in [3.8, 4) is 5.75 Å². The predicted octanol–water partition coefficient (Wildman–Crippen LogP) is 1.46. The third-order valence-corrected chi connectivity index (χ3v) is 2.37. The second-order valence-electron chi connectivity index (χ2n) is 3.64. The monoisotopic (exact) mass is 271 g/mol. The maximum atomic E-state index is 13.4. The first-order valence-electron chi connectivity index (χ1n) is 5.12. The Balaban J connectivity index is 2.20. The number of aromatic amines is 1. The molecule has 0 saturated carbocycles. The molecule has 0 spiro atoms. The Morgan fingerprint density at radius 1 is 1.37 bits per heavy atom. The molecule has 0 atom stereocenters. The first-order chi connectivity index (χ1) is 9.00. The number of hydrogen-bond acceptors (Lipinski definition) is 3. The van der Waals surface area contributed by atoms with Gasteiger partial charge in [0.1, 0.15) is 0 Å². The molecule has 1 aromatic heterocycles. The molecule has 1 heterocycles. The summed E-state index contributed by atoms with van der Waals surface area (Å²) >= 11 is 0. The lowest BCUT2D eigenvalue weighted by molar-refractivity contribution is 0.0944. The van der Waals surface area contributed by atoms with E-state index in [1.807, 2.05) is 0 Å². The van der Waals surface area contributed by atoms with E-state index in [4.69, 9.17) is 5.11 Å². The Morgan fingerprint density at radius 2 is 2.11 bits per heavy atom. The molecule has 0 bridgehead atoms. The van der Waals surface area contributed by atoms with Crippen molar-refractivity contribution < 1.29 is 23.1 Å². The number of H-pyrrole nitrogens is 1. The second kappa shape index (κ2) is 5.01. The van der Waals surface area contributed by atoms with E-state index >= 15 is 0 Å². The molecular weight excluding hydrogens is 263 g/mol. The Hall–Kier alpha value is -2.51. The van der Waals surface area contributed by atoms with E-state index in [2.05, 4.69) is 15.3 Å². The van der Waals surface area contributed by atoms with Crippen LogP contribution in [0.5, 0.6) is 5.75 Å². The van der Waals surface area contributed by atoms with Crippen molar-refractivity contribution in [2.45, 2.75) is 6.54 Å². The fourth-order valence-electron chi connectivity index (χ4n) is 1.41. The largest absolute Gasteiger partial charge is 0.503 e. The summed E-state index contributed by atoms with van der Waals surface area (Å²) in [6.45, 7) is -0.00195. The molecule has 2 rings (SSSR count). The van der Waals surface area contributed by atoms with E-state index in [1.165, 1.54) is 12.5 Å². The van der Waals surface area contributed by atoms with Crippen molar-refractivity contribution in [2.75, 3.05) is 0 Å². The van der Waals surface area contributed by atoms with E-state index in [-0.39, 0.29) is 6.54 Å². The number of rotatable bonds is 3. The minimum absolute atomic E-state index is 0.00195. The fourth-order valence-corrected chi connectivity index (χ4v) is 1.41. The summed E-state index contributed by atoms with van der Waals surface area (Å²) in [7, 11) is 0. The zero-order chi connectivity index (χ0) is 14.0. The molecule has 1 amide bonds. The molecule has 19 heavy (non-hydrogen) atoms. The van der Waals surface area contributed by atoms with Crippen LogP contribution in [0.25, 0.3) is 0 Å². The molecular formula is C11H8F3N3O2. The van der Waals surface area contributed by atoms with Gasteiger partial charge in [-0.1, -0.05) is 0 Å². The molecule has 1 aromatic carbocycles. The van der Waals surface area contributed by atoms with E-state index in [0.29, 0.717) is 11.8 Å².